The van der Waals surface area contributed by atoms with Crippen molar-refractivity contribution in [3.63, 3.8) is 0 Å². The molecule has 1 heterocycles. The van der Waals surface area contributed by atoms with Crippen LogP contribution in [0.15, 0.2) is 42.5 Å². The van der Waals surface area contributed by atoms with Crippen LogP contribution in [0.2, 0.25) is 0 Å². The number of amides is 3. The normalized spacial score (nSPS) is 19.2. The number of benzene rings is 2. The van der Waals surface area contributed by atoms with Crippen LogP contribution in [0.25, 0.3) is 0 Å². The average molecular weight is 349 g/mol. The molecule has 0 radical (unpaired) electrons. The van der Waals surface area contributed by atoms with Crippen LogP contribution in [0.1, 0.15) is 29.2 Å². The lowest BCUT2D eigenvalue weighted by Gasteiger charge is -2.23. The highest BCUT2D eigenvalue weighted by Crippen LogP contribution is 2.32. The molecule has 6 nitrogen and oxygen atoms in total. The van der Waals surface area contributed by atoms with E-state index < -0.39 is 11.6 Å². The molecule has 0 bridgehead atoms. The van der Waals surface area contributed by atoms with Gasteiger partial charge in [-0.15, -0.1) is 0 Å². The Balaban J connectivity index is 1.87. The quantitative estimate of drug-likeness (QED) is 0.861. The second kappa shape index (κ2) is 6.52. The van der Waals surface area contributed by atoms with Gasteiger partial charge in [0.1, 0.15) is 11.3 Å². The Hall–Kier alpha value is -3.33. The number of ether oxygens (including phenoxy) is 1. The van der Waals surface area contributed by atoms with E-state index in [9.17, 15) is 9.59 Å². The Morgan fingerprint density at radius 2 is 1.88 bits per heavy atom. The lowest BCUT2D eigenvalue weighted by Crippen LogP contribution is -2.40. The molecular formula is C20H19N3O3. The van der Waals surface area contributed by atoms with Gasteiger partial charge in [0, 0.05) is 0 Å². The van der Waals surface area contributed by atoms with E-state index in [-0.39, 0.29) is 12.5 Å². The van der Waals surface area contributed by atoms with Gasteiger partial charge in [-0.05, 0) is 54.8 Å². The van der Waals surface area contributed by atoms with E-state index in [2.05, 4.69) is 5.32 Å². The zero-order valence-electron chi connectivity index (χ0n) is 14.9. The third kappa shape index (κ3) is 2.88. The van der Waals surface area contributed by atoms with Gasteiger partial charge in [-0.3, -0.25) is 9.69 Å². The molecule has 1 N–H and O–H groups in total. The van der Waals surface area contributed by atoms with E-state index >= 15 is 0 Å². The van der Waals surface area contributed by atoms with Crippen molar-refractivity contribution in [3.05, 3.63) is 64.7 Å². The summed E-state index contributed by atoms with van der Waals surface area (Å²) in [6.07, 6.45) is 0. The summed E-state index contributed by atoms with van der Waals surface area (Å²) in [5.74, 6) is 0.417. The Kier molecular flexibility index (Phi) is 4.39. The van der Waals surface area contributed by atoms with Crippen molar-refractivity contribution < 1.29 is 14.3 Å². The standard InChI is InChI=1S/C20H19N3O3/c1-13-10-16(8-9-17(13)26-3)20(2)18(24)23(19(25)22-20)12-15-6-4-14(11-21)5-7-15/h4-10H,12H2,1-3H3,(H,22,25). The van der Waals surface area contributed by atoms with Crippen LogP contribution in [0.5, 0.6) is 5.75 Å². The van der Waals surface area contributed by atoms with Crippen molar-refractivity contribution in [2.45, 2.75) is 25.9 Å². The van der Waals surface area contributed by atoms with E-state index in [1.165, 1.54) is 4.90 Å². The number of urea groups is 1. The number of methoxy groups -OCH3 is 1. The molecule has 0 saturated carbocycles. The molecule has 26 heavy (non-hydrogen) atoms. The number of hydrogen-bond donors (Lipinski definition) is 1. The van der Waals surface area contributed by atoms with Gasteiger partial charge >= 0.3 is 6.03 Å². The molecule has 0 aliphatic carbocycles. The fraction of sp³-hybridized carbons (Fsp3) is 0.250. The van der Waals surface area contributed by atoms with E-state index in [0.717, 1.165) is 16.9 Å². The number of carbonyl (C=O) groups excluding carboxylic acids is 2. The molecule has 1 atom stereocenters. The second-order valence-electron chi connectivity index (χ2n) is 6.44. The summed E-state index contributed by atoms with van der Waals surface area (Å²) in [5.41, 5.74) is 1.78. The summed E-state index contributed by atoms with van der Waals surface area (Å²) in [6, 6.07) is 13.9. The molecule has 1 aliphatic heterocycles. The maximum Gasteiger partial charge on any atom is 0.325 e. The SMILES string of the molecule is COc1ccc(C2(C)NC(=O)N(Cc3ccc(C#N)cc3)C2=O)cc1C. The lowest BCUT2D eigenvalue weighted by molar-refractivity contribution is -0.131. The molecular weight excluding hydrogens is 330 g/mol. The van der Waals surface area contributed by atoms with Crippen molar-refractivity contribution in [3.8, 4) is 11.8 Å². The number of nitrogens with zero attached hydrogens (tertiary/aromatic N) is 2. The predicted octanol–water partition coefficient (Wildman–Crippen LogP) is 2.84. The molecule has 1 fully saturated rings. The van der Waals surface area contributed by atoms with Gasteiger partial charge in [0.05, 0.1) is 25.3 Å². The highest BCUT2D eigenvalue weighted by molar-refractivity contribution is 6.07. The van der Waals surface area contributed by atoms with Crippen molar-refractivity contribution in [1.82, 2.24) is 10.2 Å². The Bertz CT molecular complexity index is 915. The fourth-order valence-electron chi connectivity index (χ4n) is 3.09. The van der Waals surface area contributed by atoms with Gasteiger partial charge in [-0.25, -0.2) is 4.79 Å². The zero-order valence-corrected chi connectivity index (χ0v) is 14.9. The molecule has 2 aromatic rings. The van der Waals surface area contributed by atoms with Crippen LogP contribution in [-0.2, 0) is 16.9 Å². The molecule has 0 aromatic heterocycles. The predicted molar refractivity (Wildman–Crippen MR) is 95.3 cm³/mol. The van der Waals surface area contributed by atoms with E-state index in [4.69, 9.17) is 10.00 Å². The smallest absolute Gasteiger partial charge is 0.325 e. The number of imide groups is 1. The second-order valence-corrected chi connectivity index (χ2v) is 6.44. The molecule has 1 unspecified atom stereocenters. The maximum absolute atomic E-state index is 13.0. The summed E-state index contributed by atoms with van der Waals surface area (Å²) in [4.78, 5) is 26.6. The van der Waals surface area contributed by atoms with Gasteiger partial charge in [0.15, 0.2) is 0 Å². The van der Waals surface area contributed by atoms with Crippen molar-refractivity contribution >= 4 is 11.9 Å². The number of nitriles is 1. The monoisotopic (exact) mass is 349 g/mol. The summed E-state index contributed by atoms with van der Waals surface area (Å²) in [7, 11) is 1.59. The van der Waals surface area contributed by atoms with Crippen molar-refractivity contribution in [2.75, 3.05) is 7.11 Å². The number of carbonyl (C=O) groups is 2. The minimum atomic E-state index is -1.12. The van der Waals surface area contributed by atoms with Gasteiger partial charge < -0.3 is 10.1 Å². The zero-order chi connectivity index (χ0) is 18.9. The summed E-state index contributed by atoms with van der Waals surface area (Å²) in [6.45, 7) is 3.75. The van der Waals surface area contributed by atoms with Crippen LogP contribution in [-0.4, -0.2) is 23.9 Å². The Labute approximate surface area is 152 Å². The molecule has 1 aliphatic rings. The topological polar surface area (TPSA) is 82.4 Å². The van der Waals surface area contributed by atoms with Crippen molar-refractivity contribution in [1.29, 1.82) is 5.26 Å². The van der Waals surface area contributed by atoms with Crippen LogP contribution in [0.4, 0.5) is 4.79 Å². The lowest BCUT2D eigenvalue weighted by atomic mass is 9.90. The number of rotatable bonds is 4. The first-order valence-corrected chi connectivity index (χ1v) is 8.17. The van der Waals surface area contributed by atoms with E-state index in [1.807, 2.05) is 19.1 Å². The van der Waals surface area contributed by atoms with Crippen LogP contribution < -0.4 is 10.1 Å². The van der Waals surface area contributed by atoms with Gasteiger partial charge in [0.2, 0.25) is 0 Å². The van der Waals surface area contributed by atoms with Gasteiger partial charge in [0.25, 0.3) is 5.91 Å². The summed E-state index contributed by atoms with van der Waals surface area (Å²) >= 11 is 0. The minimum absolute atomic E-state index is 0.154. The Morgan fingerprint density at radius 1 is 1.19 bits per heavy atom. The van der Waals surface area contributed by atoms with Gasteiger partial charge in [-0.1, -0.05) is 18.2 Å². The number of aryl methyl sites for hydroxylation is 1. The van der Waals surface area contributed by atoms with Crippen LogP contribution in [0.3, 0.4) is 0 Å². The minimum Gasteiger partial charge on any atom is -0.496 e. The first-order chi connectivity index (χ1) is 12.4. The fourth-order valence-corrected chi connectivity index (χ4v) is 3.09. The maximum atomic E-state index is 13.0. The number of hydrogen-bond acceptors (Lipinski definition) is 4. The third-order valence-corrected chi connectivity index (χ3v) is 4.67. The van der Waals surface area contributed by atoms with Gasteiger partial charge in [-0.2, -0.15) is 5.26 Å². The highest BCUT2D eigenvalue weighted by atomic mass is 16.5. The third-order valence-electron chi connectivity index (χ3n) is 4.67. The number of nitrogens with one attached hydrogen (secondary N) is 1. The van der Waals surface area contributed by atoms with Crippen LogP contribution >= 0.6 is 0 Å². The summed E-state index contributed by atoms with van der Waals surface area (Å²) in [5, 5.41) is 11.7. The van der Waals surface area contributed by atoms with Crippen LogP contribution in [0, 0.1) is 18.3 Å². The highest BCUT2D eigenvalue weighted by Gasteiger charge is 2.49. The van der Waals surface area contributed by atoms with E-state index in [1.54, 1.807) is 50.4 Å². The van der Waals surface area contributed by atoms with Crippen molar-refractivity contribution in [2.24, 2.45) is 0 Å². The van der Waals surface area contributed by atoms with E-state index in [0.29, 0.717) is 11.1 Å². The molecule has 2 aromatic carbocycles. The summed E-state index contributed by atoms with van der Waals surface area (Å²) < 4.78 is 5.26. The molecule has 3 amide bonds. The molecule has 0 spiro atoms. The first kappa shape index (κ1) is 17.5. The molecule has 132 valence electrons. The largest absolute Gasteiger partial charge is 0.496 e. The first-order valence-electron chi connectivity index (χ1n) is 8.17. The molecule has 6 heteroatoms. The molecule has 1 saturated heterocycles. The average Bonchev–Trinajstić information content (AvgIpc) is 2.86. The Morgan fingerprint density at radius 3 is 2.46 bits per heavy atom. The molecule has 3 rings (SSSR count).